The van der Waals surface area contributed by atoms with E-state index in [-0.39, 0.29) is 29.1 Å². The van der Waals surface area contributed by atoms with Gasteiger partial charge in [-0.25, -0.2) is 9.78 Å². The van der Waals surface area contributed by atoms with E-state index in [4.69, 9.17) is 9.84 Å². The monoisotopic (exact) mass is 281 g/mol. The summed E-state index contributed by atoms with van der Waals surface area (Å²) in [5, 5.41) is 22.7. The zero-order chi connectivity index (χ0) is 14.7. The standard InChI is InChI=1S/C12H15N3O5/c1-7-8(2-3-20-7)5-13-11-10(12(16)17)4-9(6-14-11)15(18)19/h4,6-8H,2-3,5H2,1H3,(H,13,14)(H,16,17). The Morgan fingerprint density at radius 1 is 1.70 bits per heavy atom. The average molecular weight is 281 g/mol. The molecule has 2 rings (SSSR count). The molecule has 0 amide bonds. The van der Waals surface area contributed by atoms with Crippen LogP contribution in [-0.4, -0.2) is 40.2 Å². The number of ether oxygens (including phenoxy) is 1. The van der Waals surface area contributed by atoms with Crippen molar-refractivity contribution in [3.63, 3.8) is 0 Å². The lowest BCUT2D eigenvalue weighted by atomic mass is 10.0. The number of nitrogens with one attached hydrogen (secondary N) is 1. The van der Waals surface area contributed by atoms with Gasteiger partial charge in [0.2, 0.25) is 0 Å². The number of aromatic nitrogens is 1. The number of carboxylic acid groups (broad SMARTS) is 1. The smallest absolute Gasteiger partial charge is 0.339 e. The first-order valence-corrected chi connectivity index (χ1v) is 6.22. The van der Waals surface area contributed by atoms with Gasteiger partial charge in [-0.3, -0.25) is 10.1 Å². The molecule has 2 heterocycles. The molecule has 0 radical (unpaired) electrons. The van der Waals surface area contributed by atoms with Crippen LogP contribution < -0.4 is 5.32 Å². The van der Waals surface area contributed by atoms with Crippen molar-refractivity contribution in [2.45, 2.75) is 19.4 Å². The molecule has 0 saturated carbocycles. The van der Waals surface area contributed by atoms with Crippen LogP contribution in [0.1, 0.15) is 23.7 Å². The molecule has 1 aliphatic heterocycles. The molecular weight excluding hydrogens is 266 g/mol. The van der Waals surface area contributed by atoms with Gasteiger partial charge in [-0.1, -0.05) is 0 Å². The van der Waals surface area contributed by atoms with Gasteiger partial charge in [0.05, 0.1) is 11.0 Å². The summed E-state index contributed by atoms with van der Waals surface area (Å²) in [6.07, 6.45) is 2.04. The maximum Gasteiger partial charge on any atom is 0.339 e. The average Bonchev–Trinajstić information content (AvgIpc) is 2.81. The van der Waals surface area contributed by atoms with Crippen molar-refractivity contribution in [2.24, 2.45) is 5.92 Å². The van der Waals surface area contributed by atoms with Crippen LogP contribution in [0, 0.1) is 16.0 Å². The third-order valence-electron chi connectivity index (χ3n) is 3.38. The number of anilines is 1. The van der Waals surface area contributed by atoms with E-state index < -0.39 is 10.9 Å². The summed E-state index contributed by atoms with van der Waals surface area (Å²) in [5.41, 5.74) is -0.545. The van der Waals surface area contributed by atoms with Crippen LogP contribution in [0.2, 0.25) is 0 Å². The Balaban J connectivity index is 2.14. The maximum absolute atomic E-state index is 11.1. The molecule has 2 unspecified atom stereocenters. The van der Waals surface area contributed by atoms with Gasteiger partial charge in [-0.15, -0.1) is 0 Å². The van der Waals surface area contributed by atoms with E-state index in [1.165, 1.54) is 0 Å². The number of rotatable bonds is 5. The molecule has 0 bridgehead atoms. The van der Waals surface area contributed by atoms with Crippen LogP contribution >= 0.6 is 0 Å². The Hall–Kier alpha value is -2.22. The van der Waals surface area contributed by atoms with Crippen molar-refractivity contribution in [3.8, 4) is 0 Å². The van der Waals surface area contributed by atoms with Gasteiger partial charge in [0.1, 0.15) is 17.6 Å². The van der Waals surface area contributed by atoms with Gasteiger partial charge in [0.15, 0.2) is 0 Å². The van der Waals surface area contributed by atoms with Gasteiger partial charge in [-0.2, -0.15) is 0 Å². The number of carboxylic acids is 1. The predicted octanol–water partition coefficient (Wildman–Crippen LogP) is 1.52. The van der Waals surface area contributed by atoms with Gasteiger partial charge in [0.25, 0.3) is 5.69 Å². The van der Waals surface area contributed by atoms with E-state index in [1.54, 1.807) is 0 Å². The molecule has 1 saturated heterocycles. The number of hydrogen-bond donors (Lipinski definition) is 2. The number of hydrogen-bond acceptors (Lipinski definition) is 6. The molecular formula is C12H15N3O5. The molecule has 1 fully saturated rings. The lowest BCUT2D eigenvalue weighted by Crippen LogP contribution is -2.22. The highest BCUT2D eigenvalue weighted by Gasteiger charge is 2.25. The van der Waals surface area contributed by atoms with Gasteiger partial charge >= 0.3 is 5.97 Å². The normalized spacial score (nSPS) is 21.6. The molecule has 2 N–H and O–H groups in total. The van der Waals surface area contributed by atoms with Crippen LogP contribution in [0.15, 0.2) is 12.3 Å². The van der Waals surface area contributed by atoms with Crippen LogP contribution in [0.5, 0.6) is 0 Å². The van der Waals surface area contributed by atoms with Crippen molar-refractivity contribution in [3.05, 3.63) is 27.9 Å². The molecule has 0 aliphatic carbocycles. The predicted molar refractivity (Wildman–Crippen MR) is 69.9 cm³/mol. The first-order chi connectivity index (χ1) is 9.49. The zero-order valence-electron chi connectivity index (χ0n) is 10.9. The third-order valence-corrected chi connectivity index (χ3v) is 3.38. The Morgan fingerprint density at radius 2 is 2.45 bits per heavy atom. The van der Waals surface area contributed by atoms with Crippen molar-refractivity contribution < 1.29 is 19.6 Å². The first kappa shape index (κ1) is 14.2. The molecule has 0 aromatic carbocycles. The summed E-state index contributed by atoms with van der Waals surface area (Å²) < 4.78 is 5.42. The van der Waals surface area contributed by atoms with E-state index in [0.717, 1.165) is 18.7 Å². The largest absolute Gasteiger partial charge is 0.478 e. The number of nitrogens with zero attached hydrogens (tertiary/aromatic N) is 2. The second-order valence-electron chi connectivity index (χ2n) is 4.66. The molecule has 1 aromatic rings. The summed E-state index contributed by atoms with van der Waals surface area (Å²) in [5.74, 6) is -0.838. The fourth-order valence-electron chi connectivity index (χ4n) is 2.13. The highest BCUT2D eigenvalue weighted by atomic mass is 16.6. The lowest BCUT2D eigenvalue weighted by Gasteiger charge is -2.15. The molecule has 108 valence electrons. The van der Waals surface area contributed by atoms with E-state index in [9.17, 15) is 14.9 Å². The minimum absolute atomic E-state index is 0.105. The minimum atomic E-state index is -1.25. The van der Waals surface area contributed by atoms with E-state index in [1.807, 2.05) is 6.92 Å². The Morgan fingerprint density at radius 3 is 3.00 bits per heavy atom. The Bertz CT molecular complexity index is 534. The van der Waals surface area contributed by atoms with Gasteiger partial charge in [-0.05, 0) is 13.3 Å². The van der Waals surface area contributed by atoms with Crippen LogP contribution in [0.25, 0.3) is 0 Å². The lowest BCUT2D eigenvalue weighted by molar-refractivity contribution is -0.385. The summed E-state index contributed by atoms with van der Waals surface area (Å²) in [6, 6.07) is 1.01. The Labute approximate surface area is 114 Å². The number of nitro groups is 1. The number of pyridine rings is 1. The van der Waals surface area contributed by atoms with Gasteiger partial charge < -0.3 is 15.2 Å². The summed E-state index contributed by atoms with van der Waals surface area (Å²) in [4.78, 5) is 24.9. The third kappa shape index (κ3) is 3.02. The highest BCUT2D eigenvalue weighted by Crippen LogP contribution is 2.23. The van der Waals surface area contributed by atoms with Crippen molar-refractivity contribution in [1.82, 2.24) is 4.98 Å². The summed E-state index contributed by atoms with van der Waals surface area (Å²) in [7, 11) is 0. The molecule has 8 heteroatoms. The van der Waals surface area contributed by atoms with E-state index >= 15 is 0 Å². The number of carbonyl (C=O) groups is 1. The molecule has 8 nitrogen and oxygen atoms in total. The topological polar surface area (TPSA) is 115 Å². The van der Waals surface area contributed by atoms with E-state index in [0.29, 0.717) is 13.2 Å². The van der Waals surface area contributed by atoms with Gasteiger partial charge in [0, 0.05) is 25.1 Å². The van der Waals surface area contributed by atoms with Crippen LogP contribution in [0.3, 0.4) is 0 Å². The fraction of sp³-hybridized carbons (Fsp3) is 0.500. The maximum atomic E-state index is 11.1. The second kappa shape index (κ2) is 5.83. The van der Waals surface area contributed by atoms with Crippen molar-refractivity contribution in [2.75, 3.05) is 18.5 Å². The zero-order valence-corrected chi connectivity index (χ0v) is 10.9. The second-order valence-corrected chi connectivity index (χ2v) is 4.66. The van der Waals surface area contributed by atoms with Crippen LogP contribution in [0.4, 0.5) is 11.5 Å². The fourth-order valence-corrected chi connectivity index (χ4v) is 2.13. The molecule has 1 aliphatic rings. The minimum Gasteiger partial charge on any atom is -0.478 e. The Kier molecular flexibility index (Phi) is 4.14. The first-order valence-electron chi connectivity index (χ1n) is 6.22. The van der Waals surface area contributed by atoms with Crippen molar-refractivity contribution >= 4 is 17.5 Å². The molecule has 2 atom stereocenters. The molecule has 20 heavy (non-hydrogen) atoms. The molecule has 1 aromatic heterocycles. The molecule has 0 spiro atoms. The number of aromatic carboxylic acids is 1. The highest BCUT2D eigenvalue weighted by molar-refractivity contribution is 5.93. The summed E-state index contributed by atoms with van der Waals surface area (Å²) >= 11 is 0. The van der Waals surface area contributed by atoms with E-state index in [2.05, 4.69) is 10.3 Å². The van der Waals surface area contributed by atoms with Crippen molar-refractivity contribution in [1.29, 1.82) is 0 Å². The SMILES string of the molecule is CC1OCCC1CNc1ncc([N+](=O)[O-])cc1C(=O)O. The van der Waals surface area contributed by atoms with Crippen LogP contribution in [-0.2, 0) is 4.74 Å². The summed E-state index contributed by atoms with van der Waals surface area (Å²) in [6.45, 7) is 3.17. The quantitative estimate of drug-likeness (QED) is 0.621.